The first-order valence-electron chi connectivity index (χ1n) is 4.80. The summed E-state index contributed by atoms with van der Waals surface area (Å²) in [6.45, 7) is 3.65. The minimum Gasteiger partial charge on any atom is -0.396 e. The smallest absolute Gasteiger partial charge is 0.0475 e. The van der Waals surface area contributed by atoms with Crippen LogP contribution in [0, 0.1) is 5.92 Å². The number of aliphatic hydroxyl groups excluding tert-OH is 1. The van der Waals surface area contributed by atoms with Gasteiger partial charge in [-0.15, -0.1) is 0 Å². The van der Waals surface area contributed by atoms with Crippen LogP contribution < -0.4 is 5.32 Å². The molecule has 12 heavy (non-hydrogen) atoms. The van der Waals surface area contributed by atoms with E-state index in [0.29, 0.717) is 30.7 Å². The van der Waals surface area contributed by atoms with E-state index in [2.05, 4.69) is 24.2 Å². The molecule has 0 spiro atoms. The molecule has 2 heterocycles. The van der Waals surface area contributed by atoms with Gasteiger partial charge in [-0.2, -0.15) is 0 Å². The summed E-state index contributed by atoms with van der Waals surface area (Å²) in [7, 11) is 2.18. The normalized spacial score (nSPS) is 48.2. The average Bonchev–Trinajstić information content (AvgIpc) is 2.26. The van der Waals surface area contributed by atoms with E-state index in [-0.39, 0.29) is 0 Å². The number of likely N-dealkylation sites (N-methyl/N-ethyl adjacent to an activating group) is 1. The van der Waals surface area contributed by atoms with Gasteiger partial charge in [0.2, 0.25) is 0 Å². The number of nitrogens with one attached hydrogen (secondary N) is 1. The number of aliphatic hydroxyl groups is 1. The molecule has 2 aliphatic heterocycles. The van der Waals surface area contributed by atoms with E-state index in [1.54, 1.807) is 0 Å². The van der Waals surface area contributed by atoms with E-state index in [4.69, 9.17) is 0 Å². The Bertz CT molecular complexity index is 174. The maximum atomic E-state index is 9.19. The van der Waals surface area contributed by atoms with Crippen LogP contribution in [0.1, 0.15) is 13.3 Å². The quantitative estimate of drug-likeness (QED) is 0.565. The fourth-order valence-corrected chi connectivity index (χ4v) is 2.84. The van der Waals surface area contributed by atoms with Crippen LogP contribution in [0.15, 0.2) is 0 Å². The van der Waals surface area contributed by atoms with E-state index in [1.165, 1.54) is 0 Å². The lowest BCUT2D eigenvalue weighted by molar-refractivity contribution is 0.119. The third-order valence-corrected chi connectivity index (χ3v) is 3.53. The number of fused-ring (bicyclic) bond motifs is 2. The Morgan fingerprint density at radius 3 is 3.00 bits per heavy atom. The summed E-state index contributed by atoms with van der Waals surface area (Å²) in [5, 5.41) is 12.7. The van der Waals surface area contributed by atoms with Crippen LogP contribution in [-0.2, 0) is 0 Å². The van der Waals surface area contributed by atoms with Crippen molar-refractivity contribution >= 4 is 0 Å². The van der Waals surface area contributed by atoms with Crippen molar-refractivity contribution in [1.82, 2.24) is 10.2 Å². The minimum atomic E-state index is 0.345. The summed E-state index contributed by atoms with van der Waals surface area (Å²) in [4.78, 5) is 2.43. The van der Waals surface area contributed by atoms with Crippen molar-refractivity contribution in [2.24, 2.45) is 5.92 Å². The van der Waals surface area contributed by atoms with Gasteiger partial charge in [0.1, 0.15) is 0 Å². The van der Waals surface area contributed by atoms with Crippen LogP contribution in [0.5, 0.6) is 0 Å². The molecule has 0 aromatic heterocycles. The highest BCUT2D eigenvalue weighted by Crippen LogP contribution is 2.32. The Kier molecular flexibility index (Phi) is 2.10. The minimum absolute atomic E-state index is 0.345. The molecule has 70 valence electrons. The molecule has 0 saturated carbocycles. The van der Waals surface area contributed by atoms with Gasteiger partial charge in [0.25, 0.3) is 0 Å². The topological polar surface area (TPSA) is 35.5 Å². The Balaban J connectivity index is 2.15. The number of hydrogen-bond donors (Lipinski definition) is 2. The summed E-state index contributed by atoms with van der Waals surface area (Å²) >= 11 is 0. The molecule has 0 aromatic carbocycles. The Morgan fingerprint density at radius 1 is 1.58 bits per heavy atom. The van der Waals surface area contributed by atoms with Gasteiger partial charge in [0.15, 0.2) is 0 Å². The van der Waals surface area contributed by atoms with Crippen LogP contribution in [0.2, 0.25) is 0 Å². The van der Waals surface area contributed by atoms with Crippen LogP contribution >= 0.6 is 0 Å². The fourth-order valence-electron chi connectivity index (χ4n) is 2.84. The average molecular weight is 170 g/mol. The molecule has 0 aromatic rings. The van der Waals surface area contributed by atoms with Gasteiger partial charge in [0, 0.05) is 37.2 Å². The van der Waals surface area contributed by atoms with Crippen LogP contribution in [-0.4, -0.2) is 48.3 Å². The molecular formula is C9H18N2O. The second-order valence-corrected chi connectivity index (χ2v) is 4.19. The fraction of sp³-hybridized carbons (Fsp3) is 1.00. The molecule has 3 heteroatoms. The maximum Gasteiger partial charge on any atom is 0.0475 e. The molecule has 2 unspecified atom stereocenters. The van der Waals surface area contributed by atoms with E-state index in [1.807, 2.05) is 0 Å². The van der Waals surface area contributed by atoms with Crippen LogP contribution in [0.4, 0.5) is 0 Å². The first-order valence-corrected chi connectivity index (χ1v) is 4.80. The van der Waals surface area contributed by atoms with Crippen molar-refractivity contribution in [3.8, 4) is 0 Å². The van der Waals surface area contributed by atoms with Gasteiger partial charge in [-0.05, 0) is 20.4 Å². The Morgan fingerprint density at radius 2 is 2.33 bits per heavy atom. The number of nitrogens with zero attached hydrogens (tertiary/aromatic N) is 1. The lowest BCUT2D eigenvalue weighted by atomic mass is 9.96. The largest absolute Gasteiger partial charge is 0.396 e. The van der Waals surface area contributed by atoms with Crippen molar-refractivity contribution in [2.45, 2.75) is 31.5 Å². The van der Waals surface area contributed by atoms with Gasteiger partial charge in [-0.1, -0.05) is 0 Å². The highest BCUT2D eigenvalue weighted by molar-refractivity contribution is 5.01. The predicted molar refractivity (Wildman–Crippen MR) is 48.0 cm³/mol. The SMILES string of the molecule is CC1NC[C@@H]2CC(CO)[C@H]1N2C. The number of rotatable bonds is 1. The molecule has 2 N–H and O–H groups in total. The van der Waals surface area contributed by atoms with Gasteiger partial charge in [-0.25, -0.2) is 0 Å². The number of hydrogen-bond acceptors (Lipinski definition) is 3. The third-order valence-electron chi connectivity index (χ3n) is 3.53. The summed E-state index contributed by atoms with van der Waals surface area (Å²) in [6, 6.07) is 1.74. The van der Waals surface area contributed by atoms with Crippen molar-refractivity contribution in [3.05, 3.63) is 0 Å². The Hall–Kier alpha value is -0.120. The molecule has 0 aliphatic carbocycles. The van der Waals surface area contributed by atoms with Gasteiger partial charge in [0.05, 0.1) is 0 Å². The van der Waals surface area contributed by atoms with Gasteiger partial charge < -0.3 is 10.4 Å². The lowest BCUT2D eigenvalue weighted by Crippen LogP contribution is -2.56. The molecule has 3 nitrogen and oxygen atoms in total. The number of piperazine rings is 1. The zero-order valence-corrected chi connectivity index (χ0v) is 7.83. The second kappa shape index (κ2) is 2.98. The molecule has 2 aliphatic rings. The van der Waals surface area contributed by atoms with E-state index in [0.717, 1.165) is 13.0 Å². The molecule has 2 rings (SSSR count). The van der Waals surface area contributed by atoms with Crippen molar-refractivity contribution < 1.29 is 5.11 Å². The van der Waals surface area contributed by atoms with Crippen LogP contribution in [0.25, 0.3) is 0 Å². The lowest BCUT2D eigenvalue weighted by Gasteiger charge is -2.37. The maximum absolute atomic E-state index is 9.19. The van der Waals surface area contributed by atoms with Crippen LogP contribution in [0.3, 0.4) is 0 Å². The molecule has 2 bridgehead atoms. The first kappa shape index (κ1) is 8.48. The monoisotopic (exact) mass is 170 g/mol. The van der Waals surface area contributed by atoms with Gasteiger partial charge in [-0.3, -0.25) is 4.90 Å². The zero-order chi connectivity index (χ0) is 8.72. The second-order valence-electron chi connectivity index (χ2n) is 4.19. The van der Waals surface area contributed by atoms with Crippen molar-refractivity contribution in [2.75, 3.05) is 20.2 Å². The standard InChI is InChI=1S/C9H18N2O/c1-6-9-7(5-12)3-8(4-10-6)11(9)2/h6-10,12H,3-5H2,1-2H3/t6?,7?,8-,9-/m0/s1. The molecule has 2 saturated heterocycles. The molecular weight excluding hydrogens is 152 g/mol. The Labute approximate surface area is 73.8 Å². The first-order chi connectivity index (χ1) is 5.74. The molecule has 0 amide bonds. The molecule has 4 atom stereocenters. The summed E-state index contributed by atoms with van der Waals surface area (Å²) in [5.41, 5.74) is 0. The summed E-state index contributed by atoms with van der Waals surface area (Å²) < 4.78 is 0. The summed E-state index contributed by atoms with van der Waals surface area (Å²) in [5.74, 6) is 0.491. The predicted octanol–water partition coefficient (Wildman–Crippen LogP) is -0.341. The van der Waals surface area contributed by atoms with E-state index >= 15 is 0 Å². The van der Waals surface area contributed by atoms with Crippen molar-refractivity contribution in [3.63, 3.8) is 0 Å². The zero-order valence-electron chi connectivity index (χ0n) is 7.83. The van der Waals surface area contributed by atoms with E-state index < -0.39 is 0 Å². The molecule has 0 radical (unpaired) electrons. The highest BCUT2D eigenvalue weighted by atomic mass is 16.3. The van der Waals surface area contributed by atoms with Crippen molar-refractivity contribution in [1.29, 1.82) is 0 Å². The molecule has 2 fully saturated rings. The summed E-state index contributed by atoms with van der Waals surface area (Å²) in [6.07, 6.45) is 1.16. The van der Waals surface area contributed by atoms with E-state index in [9.17, 15) is 5.11 Å². The third kappa shape index (κ3) is 1.08. The highest BCUT2D eigenvalue weighted by Gasteiger charge is 2.44. The van der Waals surface area contributed by atoms with Gasteiger partial charge >= 0.3 is 0 Å².